The zero-order chi connectivity index (χ0) is 9.97. The van der Waals surface area contributed by atoms with Gasteiger partial charge in [0.05, 0.1) is 11.3 Å². The normalized spacial score (nSPS) is 10.0. The molecule has 1 heterocycles. The number of aromatic nitrogens is 4. The molecular formula is C8H5N4O2. The van der Waals surface area contributed by atoms with Crippen molar-refractivity contribution in [1.29, 1.82) is 0 Å². The van der Waals surface area contributed by atoms with Gasteiger partial charge in [-0.05, 0) is 34.7 Å². The van der Waals surface area contributed by atoms with E-state index in [1.165, 1.54) is 16.8 Å². The van der Waals surface area contributed by atoms with Crippen molar-refractivity contribution in [2.45, 2.75) is 0 Å². The van der Waals surface area contributed by atoms with Crippen LogP contribution in [0.25, 0.3) is 5.69 Å². The Hall–Kier alpha value is -2.24. The Morgan fingerprint density at radius 2 is 2.07 bits per heavy atom. The minimum absolute atomic E-state index is 0.224. The van der Waals surface area contributed by atoms with Gasteiger partial charge >= 0.3 is 5.97 Å². The molecule has 0 aliphatic rings. The highest BCUT2D eigenvalue weighted by molar-refractivity contribution is 5.87. The van der Waals surface area contributed by atoms with Crippen LogP contribution < -0.4 is 0 Å². The van der Waals surface area contributed by atoms with E-state index in [0.29, 0.717) is 5.69 Å². The highest BCUT2D eigenvalue weighted by atomic mass is 16.4. The van der Waals surface area contributed by atoms with Crippen LogP contribution in [-0.2, 0) is 0 Å². The predicted molar refractivity (Wildman–Crippen MR) is 44.9 cm³/mol. The lowest BCUT2D eigenvalue weighted by molar-refractivity contribution is 0.0697. The van der Waals surface area contributed by atoms with Gasteiger partial charge in [-0.25, -0.2) is 4.79 Å². The highest BCUT2D eigenvalue weighted by Crippen LogP contribution is 2.06. The molecule has 0 unspecified atom stereocenters. The van der Waals surface area contributed by atoms with Gasteiger partial charge in [-0.3, -0.25) is 0 Å². The molecule has 0 saturated carbocycles. The standard InChI is InChI=1S/C8H5N4O2/c13-8(14)6-1-3-7(4-2-6)12-5-9-10-11-12/h1-4H,(H,13,14). The van der Waals surface area contributed by atoms with Gasteiger partial charge in [0.15, 0.2) is 0 Å². The summed E-state index contributed by atoms with van der Waals surface area (Å²) in [5.41, 5.74) is 0.891. The molecule has 1 aromatic carbocycles. The molecule has 0 saturated heterocycles. The summed E-state index contributed by atoms with van der Waals surface area (Å²) in [5.74, 6) is -0.961. The first kappa shape index (κ1) is 8.36. The van der Waals surface area contributed by atoms with Crippen molar-refractivity contribution >= 4 is 5.97 Å². The lowest BCUT2D eigenvalue weighted by atomic mass is 10.2. The molecule has 0 aliphatic carbocycles. The minimum Gasteiger partial charge on any atom is -0.478 e. The van der Waals surface area contributed by atoms with Gasteiger partial charge in [0.25, 0.3) is 0 Å². The number of hydrogen-bond donors (Lipinski definition) is 1. The molecule has 0 aliphatic heterocycles. The van der Waals surface area contributed by atoms with Gasteiger partial charge in [-0.1, -0.05) is 0 Å². The Kier molecular flexibility index (Phi) is 1.94. The van der Waals surface area contributed by atoms with Gasteiger partial charge < -0.3 is 5.11 Å². The molecule has 0 spiro atoms. The van der Waals surface area contributed by atoms with E-state index in [2.05, 4.69) is 21.9 Å². The van der Waals surface area contributed by atoms with Crippen LogP contribution in [0.3, 0.4) is 0 Å². The molecule has 1 radical (unpaired) electrons. The maximum absolute atomic E-state index is 10.5. The zero-order valence-corrected chi connectivity index (χ0v) is 6.95. The summed E-state index contributed by atoms with van der Waals surface area (Å²) in [6.07, 6.45) is 2.50. The van der Waals surface area contributed by atoms with Gasteiger partial charge in [-0.15, -0.1) is 5.10 Å². The zero-order valence-electron chi connectivity index (χ0n) is 6.95. The number of carboxylic acid groups (broad SMARTS) is 1. The van der Waals surface area contributed by atoms with Crippen LogP contribution in [0.15, 0.2) is 24.3 Å². The average Bonchev–Trinajstić information content (AvgIpc) is 2.71. The molecule has 0 fully saturated rings. The van der Waals surface area contributed by atoms with Crippen LogP contribution in [0.5, 0.6) is 0 Å². The van der Waals surface area contributed by atoms with Crippen molar-refractivity contribution < 1.29 is 9.90 Å². The summed E-state index contributed by atoms with van der Waals surface area (Å²) in [4.78, 5) is 10.5. The number of carboxylic acids is 1. The van der Waals surface area contributed by atoms with Crippen LogP contribution >= 0.6 is 0 Å². The van der Waals surface area contributed by atoms with Crippen molar-refractivity contribution in [1.82, 2.24) is 20.2 Å². The van der Waals surface area contributed by atoms with Gasteiger partial charge in [0.2, 0.25) is 6.33 Å². The van der Waals surface area contributed by atoms with Crippen LogP contribution in [-0.4, -0.2) is 31.3 Å². The number of tetrazole rings is 1. The van der Waals surface area contributed by atoms with E-state index in [-0.39, 0.29) is 5.56 Å². The fraction of sp³-hybridized carbons (Fsp3) is 0. The second-order valence-corrected chi connectivity index (χ2v) is 2.54. The monoisotopic (exact) mass is 189 g/mol. The molecule has 0 amide bonds. The predicted octanol–water partition coefficient (Wildman–Crippen LogP) is 0.161. The fourth-order valence-electron chi connectivity index (χ4n) is 0.997. The average molecular weight is 189 g/mol. The van der Waals surface area contributed by atoms with E-state index < -0.39 is 5.97 Å². The van der Waals surface area contributed by atoms with E-state index >= 15 is 0 Å². The van der Waals surface area contributed by atoms with Gasteiger partial charge in [0.1, 0.15) is 0 Å². The van der Waals surface area contributed by atoms with Gasteiger partial charge in [-0.2, -0.15) is 4.68 Å². The third-order valence-electron chi connectivity index (χ3n) is 1.67. The number of carbonyl (C=O) groups is 1. The second kappa shape index (κ2) is 3.25. The summed E-state index contributed by atoms with van der Waals surface area (Å²) in [5, 5.41) is 19.0. The van der Waals surface area contributed by atoms with E-state index in [1.807, 2.05) is 0 Å². The molecule has 6 nitrogen and oxygen atoms in total. The molecule has 14 heavy (non-hydrogen) atoms. The molecule has 1 aromatic heterocycles. The van der Waals surface area contributed by atoms with Crippen molar-refractivity contribution in [3.05, 3.63) is 36.2 Å². The summed E-state index contributed by atoms with van der Waals surface area (Å²) in [6, 6.07) is 6.17. The topological polar surface area (TPSA) is 80.9 Å². The van der Waals surface area contributed by atoms with Crippen molar-refractivity contribution in [3.8, 4) is 5.69 Å². The Balaban J connectivity index is 2.36. The first-order valence-electron chi connectivity index (χ1n) is 3.77. The number of rotatable bonds is 2. The molecule has 2 rings (SSSR count). The molecule has 69 valence electrons. The first-order chi connectivity index (χ1) is 6.77. The highest BCUT2D eigenvalue weighted by Gasteiger charge is 2.03. The number of hydrogen-bond acceptors (Lipinski definition) is 4. The summed E-state index contributed by atoms with van der Waals surface area (Å²) < 4.78 is 1.33. The summed E-state index contributed by atoms with van der Waals surface area (Å²) in [7, 11) is 0. The Morgan fingerprint density at radius 3 is 2.57 bits per heavy atom. The maximum Gasteiger partial charge on any atom is 0.335 e. The summed E-state index contributed by atoms with van der Waals surface area (Å²) >= 11 is 0. The largest absolute Gasteiger partial charge is 0.478 e. The van der Waals surface area contributed by atoms with Crippen LogP contribution in [0.4, 0.5) is 0 Å². The molecule has 0 bridgehead atoms. The number of benzene rings is 1. The van der Waals surface area contributed by atoms with Crippen LogP contribution in [0, 0.1) is 6.33 Å². The third-order valence-corrected chi connectivity index (χ3v) is 1.67. The number of nitrogens with zero attached hydrogens (tertiary/aromatic N) is 4. The quantitative estimate of drug-likeness (QED) is 0.727. The first-order valence-corrected chi connectivity index (χ1v) is 3.77. The Labute approximate surface area is 78.8 Å². The lowest BCUT2D eigenvalue weighted by Crippen LogP contribution is -1.99. The summed E-state index contributed by atoms with van der Waals surface area (Å²) in [6.45, 7) is 0. The smallest absolute Gasteiger partial charge is 0.335 e. The van der Waals surface area contributed by atoms with Crippen LogP contribution in [0.1, 0.15) is 10.4 Å². The van der Waals surface area contributed by atoms with Crippen molar-refractivity contribution in [3.63, 3.8) is 0 Å². The van der Waals surface area contributed by atoms with E-state index in [9.17, 15) is 4.79 Å². The molecular weight excluding hydrogens is 184 g/mol. The number of aromatic carboxylic acids is 1. The van der Waals surface area contributed by atoms with Crippen molar-refractivity contribution in [2.24, 2.45) is 0 Å². The van der Waals surface area contributed by atoms with E-state index in [1.54, 1.807) is 12.1 Å². The Morgan fingerprint density at radius 1 is 1.36 bits per heavy atom. The minimum atomic E-state index is -0.961. The maximum atomic E-state index is 10.5. The molecule has 0 atom stereocenters. The molecule has 2 aromatic rings. The lowest BCUT2D eigenvalue weighted by Gasteiger charge is -1.98. The van der Waals surface area contributed by atoms with Crippen molar-refractivity contribution in [2.75, 3.05) is 0 Å². The second-order valence-electron chi connectivity index (χ2n) is 2.54. The van der Waals surface area contributed by atoms with Gasteiger partial charge in [0, 0.05) is 0 Å². The Bertz CT molecular complexity index is 435. The third kappa shape index (κ3) is 1.45. The fourth-order valence-corrected chi connectivity index (χ4v) is 0.997. The van der Waals surface area contributed by atoms with E-state index in [0.717, 1.165) is 0 Å². The SMILES string of the molecule is O=C(O)c1ccc(-n2[c]nnn2)cc1. The molecule has 6 heteroatoms. The van der Waals surface area contributed by atoms with Crippen LogP contribution in [0.2, 0.25) is 0 Å². The molecule has 1 N–H and O–H groups in total. The van der Waals surface area contributed by atoms with E-state index in [4.69, 9.17) is 5.11 Å².